The molecule has 0 aliphatic heterocycles. The van der Waals surface area contributed by atoms with Gasteiger partial charge < -0.3 is 10.1 Å². The Bertz CT molecular complexity index is 537. The van der Waals surface area contributed by atoms with E-state index in [1.165, 1.54) is 22.2 Å². The molecule has 2 rings (SSSR count). The molecule has 1 heterocycles. The highest BCUT2D eigenvalue weighted by Gasteiger charge is 2.17. The Balaban J connectivity index is 2.24. The van der Waals surface area contributed by atoms with Crippen molar-refractivity contribution in [1.82, 2.24) is 9.88 Å². The molecule has 0 spiro atoms. The highest BCUT2D eigenvalue weighted by Crippen LogP contribution is 2.23. The predicted octanol–water partition coefficient (Wildman–Crippen LogP) is 2.68. The Hall–Kier alpha value is -1.32. The van der Waals surface area contributed by atoms with Gasteiger partial charge in [-0.25, -0.2) is 0 Å². The fourth-order valence-corrected chi connectivity index (χ4v) is 2.52. The maximum Gasteiger partial charge on any atom is 0.0718 e. The zero-order valence-electron chi connectivity index (χ0n) is 11.6. The van der Waals surface area contributed by atoms with Gasteiger partial charge >= 0.3 is 0 Å². The van der Waals surface area contributed by atoms with Crippen molar-refractivity contribution in [3.63, 3.8) is 0 Å². The summed E-state index contributed by atoms with van der Waals surface area (Å²) < 4.78 is 0. The number of rotatable bonds is 4. The van der Waals surface area contributed by atoms with Crippen molar-refractivity contribution in [2.24, 2.45) is 0 Å². The number of fused-ring (bicyclic) bond motifs is 1. The van der Waals surface area contributed by atoms with Crippen LogP contribution < -0.4 is 0 Å². The minimum Gasteiger partial charge on any atom is -0.389 e. The molecule has 18 heavy (non-hydrogen) atoms. The molecule has 3 nitrogen and oxygen atoms in total. The van der Waals surface area contributed by atoms with E-state index < -0.39 is 5.60 Å². The van der Waals surface area contributed by atoms with E-state index in [0.29, 0.717) is 6.54 Å². The third kappa shape index (κ3) is 2.92. The van der Waals surface area contributed by atoms with E-state index in [1.807, 2.05) is 27.0 Å². The minimum absolute atomic E-state index is 0.658. The average Bonchev–Trinajstić information content (AvgIpc) is 2.53. The summed E-state index contributed by atoms with van der Waals surface area (Å²) in [6.45, 7) is 7.29. The van der Waals surface area contributed by atoms with Gasteiger partial charge in [0.1, 0.15) is 0 Å². The van der Waals surface area contributed by atoms with Gasteiger partial charge in [-0.2, -0.15) is 0 Å². The summed E-state index contributed by atoms with van der Waals surface area (Å²) in [5.74, 6) is 0. The smallest absolute Gasteiger partial charge is 0.0718 e. The molecule has 0 aliphatic rings. The third-order valence-corrected chi connectivity index (χ3v) is 3.11. The molecule has 1 aromatic carbocycles. The molecule has 0 unspecified atom stereocenters. The Labute approximate surface area is 108 Å². The number of aryl methyl sites for hydroxylation is 1. The number of benzene rings is 1. The second-order valence-corrected chi connectivity index (χ2v) is 5.76. The molecule has 3 heteroatoms. The molecular formula is C15H22N2O. The molecule has 2 N–H and O–H groups in total. The van der Waals surface area contributed by atoms with Gasteiger partial charge in [-0.3, -0.25) is 4.90 Å². The number of H-pyrrole nitrogens is 1. The number of hydrogen-bond acceptors (Lipinski definition) is 2. The number of hydrogen-bond donors (Lipinski definition) is 2. The first-order valence-electron chi connectivity index (χ1n) is 6.34. The quantitative estimate of drug-likeness (QED) is 0.870. The van der Waals surface area contributed by atoms with Crippen LogP contribution in [0.1, 0.15) is 25.1 Å². The van der Waals surface area contributed by atoms with Crippen molar-refractivity contribution in [3.05, 3.63) is 35.5 Å². The summed E-state index contributed by atoms with van der Waals surface area (Å²) in [6, 6.07) is 8.35. The van der Waals surface area contributed by atoms with Crippen LogP contribution in [0.2, 0.25) is 0 Å². The van der Waals surface area contributed by atoms with Crippen molar-refractivity contribution in [2.45, 2.75) is 32.9 Å². The van der Waals surface area contributed by atoms with Gasteiger partial charge in [-0.1, -0.05) is 18.2 Å². The molecule has 98 valence electrons. The topological polar surface area (TPSA) is 39.3 Å². The lowest BCUT2D eigenvalue weighted by molar-refractivity contribution is 0.0425. The normalized spacial score (nSPS) is 12.6. The first-order valence-corrected chi connectivity index (χ1v) is 6.34. The molecular weight excluding hydrogens is 224 g/mol. The van der Waals surface area contributed by atoms with Gasteiger partial charge in [0, 0.05) is 29.7 Å². The molecule has 0 aliphatic carbocycles. The molecule has 0 saturated carbocycles. The number of aliphatic hydroxyl groups is 1. The number of likely N-dealkylation sites (N-methyl/N-ethyl adjacent to an activating group) is 1. The first kappa shape index (κ1) is 13.1. The summed E-state index contributed by atoms with van der Waals surface area (Å²) in [4.78, 5) is 5.56. The van der Waals surface area contributed by atoms with Crippen molar-refractivity contribution >= 4 is 10.9 Å². The predicted molar refractivity (Wildman–Crippen MR) is 75.7 cm³/mol. The maximum atomic E-state index is 9.85. The maximum absolute atomic E-state index is 9.85. The monoisotopic (exact) mass is 246 g/mol. The van der Waals surface area contributed by atoms with Crippen LogP contribution in [-0.2, 0) is 6.54 Å². The Morgan fingerprint density at radius 2 is 1.94 bits per heavy atom. The molecule has 0 atom stereocenters. The molecule has 0 saturated heterocycles. The lowest BCUT2D eigenvalue weighted by Crippen LogP contribution is -2.35. The molecule has 0 bridgehead atoms. The number of aromatic nitrogens is 1. The van der Waals surface area contributed by atoms with E-state index in [9.17, 15) is 5.11 Å². The third-order valence-electron chi connectivity index (χ3n) is 3.11. The van der Waals surface area contributed by atoms with Crippen LogP contribution in [0.4, 0.5) is 0 Å². The van der Waals surface area contributed by atoms with E-state index in [0.717, 1.165) is 6.54 Å². The second-order valence-electron chi connectivity index (χ2n) is 5.76. The van der Waals surface area contributed by atoms with Gasteiger partial charge in [0.2, 0.25) is 0 Å². The Kier molecular flexibility index (Phi) is 3.46. The minimum atomic E-state index is -0.658. The van der Waals surface area contributed by atoms with Crippen LogP contribution in [0.25, 0.3) is 10.9 Å². The zero-order valence-corrected chi connectivity index (χ0v) is 11.6. The van der Waals surface area contributed by atoms with E-state index in [2.05, 4.69) is 35.0 Å². The molecule has 2 aromatic rings. The van der Waals surface area contributed by atoms with Crippen LogP contribution in [0.3, 0.4) is 0 Å². The van der Waals surface area contributed by atoms with Crippen LogP contribution in [0, 0.1) is 6.92 Å². The second kappa shape index (κ2) is 4.75. The van der Waals surface area contributed by atoms with E-state index in [1.54, 1.807) is 0 Å². The van der Waals surface area contributed by atoms with Crippen LogP contribution in [-0.4, -0.2) is 34.2 Å². The summed E-state index contributed by atoms with van der Waals surface area (Å²) in [5, 5.41) is 11.1. The number of nitrogens with zero attached hydrogens (tertiary/aromatic N) is 1. The fourth-order valence-electron chi connectivity index (χ4n) is 2.52. The van der Waals surface area contributed by atoms with E-state index >= 15 is 0 Å². The number of para-hydroxylation sites is 1. The largest absolute Gasteiger partial charge is 0.389 e. The molecule has 0 amide bonds. The van der Waals surface area contributed by atoms with E-state index in [4.69, 9.17) is 0 Å². The van der Waals surface area contributed by atoms with Crippen molar-refractivity contribution in [2.75, 3.05) is 13.6 Å². The van der Waals surface area contributed by atoms with Gasteiger partial charge in [0.05, 0.1) is 5.60 Å². The van der Waals surface area contributed by atoms with Crippen molar-refractivity contribution in [1.29, 1.82) is 0 Å². The van der Waals surface area contributed by atoms with Crippen molar-refractivity contribution in [3.8, 4) is 0 Å². The van der Waals surface area contributed by atoms with Gasteiger partial charge in [0.15, 0.2) is 0 Å². The highest BCUT2D eigenvalue weighted by molar-refractivity contribution is 5.84. The highest BCUT2D eigenvalue weighted by atomic mass is 16.3. The fraction of sp³-hybridized carbons (Fsp3) is 0.467. The first-order chi connectivity index (χ1) is 8.37. The number of nitrogens with one attached hydrogen (secondary N) is 1. The molecule has 0 radical (unpaired) electrons. The molecule has 0 fully saturated rings. The SMILES string of the molecule is Cc1[nH]c2ccccc2c1CN(C)CC(C)(C)O. The Morgan fingerprint density at radius 3 is 2.61 bits per heavy atom. The Morgan fingerprint density at radius 1 is 1.28 bits per heavy atom. The summed E-state index contributed by atoms with van der Waals surface area (Å²) in [5.41, 5.74) is 3.05. The van der Waals surface area contributed by atoms with Gasteiger partial charge in [-0.05, 0) is 39.4 Å². The van der Waals surface area contributed by atoms with Crippen molar-refractivity contribution < 1.29 is 5.11 Å². The molecule has 1 aromatic heterocycles. The summed E-state index contributed by atoms with van der Waals surface area (Å²) in [7, 11) is 2.04. The zero-order chi connectivity index (χ0) is 13.3. The van der Waals surface area contributed by atoms with Gasteiger partial charge in [-0.15, -0.1) is 0 Å². The lowest BCUT2D eigenvalue weighted by Gasteiger charge is -2.25. The summed E-state index contributed by atoms with van der Waals surface area (Å²) >= 11 is 0. The van der Waals surface area contributed by atoms with Crippen LogP contribution in [0.15, 0.2) is 24.3 Å². The van der Waals surface area contributed by atoms with Crippen LogP contribution in [0.5, 0.6) is 0 Å². The standard InChI is InChI=1S/C15H22N2O/c1-11-13(9-17(4)10-15(2,3)18)12-7-5-6-8-14(12)16-11/h5-8,16,18H,9-10H2,1-4H3. The van der Waals surface area contributed by atoms with E-state index in [-0.39, 0.29) is 0 Å². The summed E-state index contributed by atoms with van der Waals surface area (Å²) in [6.07, 6.45) is 0. The lowest BCUT2D eigenvalue weighted by atomic mass is 10.1. The average molecular weight is 246 g/mol. The van der Waals surface area contributed by atoms with Gasteiger partial charge in [0.25, 0.3) is 0 Å². The number of aromatic amines is 1. The van der Waals surface area contributed by atoms with Crippen LogP contribution >= 0.6 is 0 Å².